The summed E-state index contributed by atoms with van der Waals surface area (Å²) in [5.41, 5.74) is 9.66. The molecule has 6 aromatic carbocycles. The van der Waals surface area contributed by atoms with Crippen LogP contribution in [0.15, 0.2) is 168 Å². The Labute approximate surface area is 257 Å². The third-order valence-electron chi connectivity index (χ3n) is 8.43. The van der Waals surface area contributed by atoms with Crippen LogP contribution >= 0.6 is 0 Å². The summed E-state index contributed by atoms with van der Waals surface area (Å²) < 4.78 is 6.33. The average Bonchev–Trinajstić information content (AvgIpc) is 3.56. The Bertz CT molecular complexity index is 2120. The molecule has 1 aliphatic carbocycles. The molecule has 0 radical (unpaired) electrons. The molecule has 0 saturated heterocycles. The number of anilines is 3. The van der Waals surface area contributed by atoms with E-state index in [2.05, 4.69) is 132 Å². The van der Waals surface area contributed by atoms with Gasteiger partial charge >= 0.3 is 0 Å². The average molecular weight is 567 g/mol. The van der Waals surface area contributed by atoms with E-state index < -0.39 is 0 Å². The van der Waals surface area contributed by atoms with Crippen LogP contribution in [-0.2, 0) is 0 Å². The van der Waals surface area contributed by atoms with Crippen molar-refractivity contribution in [3.05, 3.63) is 169 Å². The lowest BCUT2D eigenvalue weighted by atomic mass is 9.92. The Morgan fingerprint density at radius 1 is 0.591 bits per heavy atom. The molecule has 1 aromatic heterocycles. The van der Waals surface area contributed by atoms with Crippen LogP contribution in [0.25, 0.3) is 44.5 Å². The molecule has 0 spiro atoms. The highest BCUT2D eigenvalue weighted by Crippen LogP contribution is 2.38. The van der Waals surface area contributed by atoms with E-state index in [4.69, 9.17) is 9.40 Å². The number of hydrogen-bond acceptors (Lipinski definition) is 3. The van der Waals surface area contributed by atoms with Crippen molar-refractivity contribution in [2.24, 2.45) is 0 Å². The summed E-state index contributed by atoms with van der Waals surface area (Å²) in [6, 6.07) is 49.1. The number of hydrogen-bond donors (Lipinski definition) is 0. The lowest BCUT2D eigenvalue weighted by molar-refractivity contribution is 0.623. The zero-order chi connectivity index (χ0) is 29.3. The van der Waals surface area contributed by atoms with E-state index in [0.717, 1.165) is 62.0 Å². The van der Waals surface area contributed by atoms with Crippen molar-refractivity contribution in [1.82, 2.24) is 4.98 Å². The highest BCUT2D eigenvalue weighted by molar-refractivity contribution is 6.05. The molecule has 3 heteroatoms. The number of nitrogens with zero attached hydrogens (tertiary/aromatic N) is 2. The first kappa shape index (κ1) is 26.0. The van der Waals surface area contributed by atoms with Crippen molar-refractivity contribution in [2.75, 3.05) is 4.90 Å². The molecule has 7 aromatic rings. The number of allylic oxidation sites excluding steroid dienone is 4. The minimum absolute atomic E-state index is 0.434. The Morgan fingerprint density at radius 2 is 1.25 bits per heavy atom. The molecular formula is C41H30N2O. The van der Waals surface area contributed by atoms with E-state index in [9.17, 15) is 0 Å². The molecule has 0 saturated carbocycles. The third kappa shape index (κ3) is 4.89. The van der Waals surface area contributed by atoms with E-state index in [-0.39, 0.29) is 0 Å². The number of oxazole rings is 1. The summed E-state index contributed by atoms with van der Waals surface area (Å²) in [5, 5.41) is 2.19. The monoisotopic (exact) mass is 566 g/mol. The maximum absolute atomic E-state index is 6.33. The fourth-order valence-electron chi connectivity index (χ4n) is 6.11. The lowest BCUT2D eigenvalue weighted by Gasteiger charge is -2.26. The molecule has 44 heavy (non-hydrogen) atoms. The van der Waals surface area contributed by atoms with Gasteiger partial charge in [-0.05, 0) is 89.2 Å². The summed E-state index contributed by atoms with van der Waals surface area (Å²) in [5.74, 6) is 1.08. The number of para-hydroxylation sites is 1. The van der Waals surface area contributed by atoms with Gasteiger partial charge in [-0.2, -0.15) is 0 Å². The fourth-order valence-corrected chi connectivity index (χ4v) is 6.11. The Kier molecular flexibility index (Phi) is 6.62. The van der Waals surface area contributed by atoms with Gasteiger partial charge in [-0.3, -0.25) is 0 Å². The SMILES string of the molecule is C1=CCC(c2ccc(N(c3ccccc3)c3ccc(-c4ccc5ccc6nc(-c7ccccc7)oc6c5c4)cc3)cc2)C=C1. The van der Waals surface area contributed by atoms with Crippen LogP contribution in [0.1, 0.15) is 17.9 Å². The van der Waals surface area contributed by atoms with Crippen LogP contribution in [-0.4, -0.2) is 4.98 Å². The second-order valence-electron chi connectivity index (χ2n) is 11.2. The van der Waals surface area contributed by atoms with Crippen molar-refractivity contribution >= 4 is 38.9 Å². The van der Waals surface area contributed by atoms with Crippen LogP contribution in [0, 0.1) is 0 Å². The normalized spacial score (nSPS) is 14.3. The third-order valence-corrected chi connectivity index (χ3v) is 8.43. The van der Waals surface area contributed by atoms with Crippen molar-refractivity contribution in [1.29, 1.82) is 0 Å². The second-order valence-corrected chi connectivity index (χ2v) is 11.2. The van der Waals surface area contributed by atoms with Crippen LogP contribution in [0.5, 0.6) is 0 Å². The fraction of sp³-hybridized carbons (Fsp3) is 0.0488. The number of rotatable bonds is 6. The number of aromatic nitrogens is 1. The molecule has 1 aliphatic rings. The van der Waals surface area contributed by atoms with Gasteiger partial charge in [-0.25, -0.2) is 4.98 Å². The second kappa shape index (κ2) is 11.2. The minimum atomic E-state index is 0.434. The molecule has 0 fully saturated rings. The Hall–Kier alpha value is -5.67. The first-order chi connectivity index (χ1) is 21.8. The van der Waals surface area contributed by atoms with Gasteiger partial charge in [-0.1, -0.05) is 103 Å². The molecule has 0 N–H and O–H groups in total. The molecule has 1 unspecified atom stereocenters. The van der Waals surface area contributed by atoms with E-state index >= 15 is 0 Å². The van der Waals surface area contributed by atoms with Crippen molar-refractivity contribution < 1.29 is 4.42 Å². The summed E-state index contributed by atoms with van der Waals surface area (Å²) in [7, 11) is 0. The molecule has 8 rings (SSSR count). The summed E-state index contributed by atoms with van der Waals surface area (Å²) in [4.78, 5) is 7.09. The van der Waals surface area contributed by atoms with Crippen LogP contribution in [0.2, 0.25) is 0 Å². The van der Waals surface area contributed by atoms with E-state index in [1.165, 1.54) is 5.56 Å². The molecular weight excluding hydrogens is 536 g/mol. The van der Waals surface area contributed by atoms with Gasteiger partial charge in [0.25, 0.3) is 0 Å². The standard InChI is InChI=1S/C41H30N2O/c1-4-10-29(11-5-1)30-18-23-36(24-19-30)43(35-14-8-3-9-15-35)37-25-20-31(21-26-37)34-17-16-32-22-27-39-40(38(32)28-34)44-41(42-39)33-12-6-2-7-13-33/h1-10,12-29H,11H2. The van der Waals surface area contributed by atoms with Gasteiger partial charge in [0.2, 0.25) is 5.89 Å². The first-order valence-electron chi connectivity index (χ1n) is 15.1. The van der Waals surface area contributed by atoms with E-state index in [0.29, 0.717) is 11.8 Å². The first-order valence-corrected chi connectivity index (χ1v) is 15.1. The maximum atomic E-state index is 6.33. The van der Waals surface area contributed by atoms with Gasteiger partial charge in [0.05, 0.1) is 0 Å². The number of benzene rings is 6. The van der Waals surface area contributed by atoms with Crippen LogP contribution < -0.4 is 4.90 Å². The zero-order valence-electron chi connectivity index (χ0n) is 24.2. The molecule has 0 aliphatic heterocycles. The Morgan fingerprint density at radius 3 is 1.98 bits per heavy atom. The van der Waals surface area contributed by atoms with Crippen molar-refractivity contribution in [2.45, 2.75) is 12.3 Å². The summed E-state index contributed by atoms with van der Waals surface area (Å²) in [6.07, 6.45) is 9.84. The minimum Gasteiger partial charge on any atom is -0.435 e. The largest absolute Gasteiger partial charge is 0.435 e. The van der Waals surface area contributed by atoms with Gasteiger partial charge in [0.15, 0.2) is 5.58 Å². The van der Waals surface area contributed by atoms with E-state index in [1.54, 1.807) is 0 Å². The Balaban J connectivity index is 1.14. The van der Waals surface area contributed by atoms with Crippen LogP contribution in [0.4, 0.5) is 17.1 Å². The molecule has 0 amide bonds. The lowest BCUT2D eigenvalue weighted by Crippen LogP contribution is -2.10. The quantitative estimate of drug-likeness (QED) is 0.200. The number of fused-ring (bicyclic) bond motifs is 3. The van der Waals surface area contributed by atoms with Crippen LogP contribution in [0.3, 0.4) is 0 Å². The molecule has 3 nitrogen and oxygen atoms in total. The predicted octanol–water partition coefficient (Wildman–Crippen LogP) is 11.4. The van der Waals surface area contributed by atoms with Crippen molar-refractivity contribution in [3.63, 3.8) is 0 Å². The van der Waals surface area contributed by atoms with Crippen molar-refractivity contribution in [3.8, 4) is 22.6 Å². The summed E-state index contributed by atoms with van der Waals surface area (Å²) in [6.45, 7) is 0. The topological polar surface area (TPSA) is 29.3 Å². The van der Waals surface area contributed by atoms with Gasteiger partial charge < -0.3 is 9.32 Å². The molecule has 210 valence electrons. The smallest absolute Gasteiger partial charge is 0.227 e. The molecule has 0 bridgehead atoms. The predicted molar refractivity (Wildman–Crippen MR) is 183 cm³/mol. The highest BCUT2D eigenvalue weighted by atomic mass is 16.3. The van der Waals surface area contributed by atoms with E-state index in [1.807, 2.05) is 36.4 Å². The molecule has 1 heterocycles. The summed E-state index contributed by atoms with van der Waals surface area (Å²) >= 11 is 0. The van der Waals surface area contributed by atoms with Gasteiger partial charge in [-0.15, -0.1) is 0 Å². The maximum Gasteiger partial charge on any atom is 0.227 e. The highest BCUT2D eigenvalue weighted by Gasteiger charge is 2.16. The molecule has 1 atom stereocenters. The van der Waals surface area contributed by atoms with Gasteiger partial charge in [0.1, 0.15) is 5.52 Å². The zero-order valence-corrected chi connectivity index (χ0v) is 24.2. The van der Waals surface area contributed by atoms with Gasteiger partial charge in [0, 0.05) is 33.9 Å².